The zero-order chi connectivity index (χ0) is 21.1. The standard InChI is InChI=1S/C23H15ClFNO3S/c24-18-10-6-11-19(25)17(18)14-29-20-12-5-4-7-15(20)13-21-22(27)26(23(28)30-21)16-8-2-1-3-9-16/h1-13H,14H2/b21-13+. The second kappa shape index (κ2) is 8.73. The van der Waals surface area contributed by atoms with Gasteiger partial charge in [0.15, 0.2) is 0 Å². The highest BCUT2D eigenvalue weighted by atomic mass is 35.5. The van der Waals surface area contributed by atoms with Crippen LogP contribution in [0.25, 0.3) is 6.08 Å². The number of carbonyl (C=O) groups excluding carboxylic acids is 2. The molecule has 0 aromatic heterocycles. The summed E-state index contributed by atoms with van der Waals surface area (Å²) < 4.78 is 19.8. The molecule has 0 aliphatic carbocycles. The lowest BCUT2D eigenvalue weighted by atomic mass is 10.1. The number of imide groups is 1. The van der Waals surface area contributed by atoms with Gasteiger partial charge in [0, 0.05) is 11.1 Å². The van der Waals surface area contributed by atoms with Crippen LogP contribution in [0.1, 0.15) is 11.1 Å². The topological polar surface area (TPSA) is 46.6 Å². The first-order chi connectivity index (χ1) is 14.5. The monoisotopic (exact) mass is 439 g/mol. The van der Waals surface area contributed by atoms with Crippen molar-refractivity contribution in [2.75, 3.05) is 4.90 Å². The van der Waals surface area contributed by atoms with Gasteiger partial charge >= 0.3 is 0 Å². The molecular weight excluding hydrogens is 425 g/mol. The number of ether oxygens (including phenoxy) is 1. The summed E-state index contributed by atoms with van der Waals surface area (Å²) >= 11 is 6.92. The Bertz CT molecular complexity index is 1130. The van der Waals surface area contributed by atoms with Gasteiger partial charge in [0.05, 0.1) is 15.6 Å². The zero-order valence-electron chi connectivity index (χ0n) is 15.5. The number of thioether (sulfide) groups is 1. The molecule has 0 bridgehead atoms. The minimum absolute atomic E-state index is 0.0676. The lowest BCUT2D eigenvalue weighted by Crippen LogP contribution is -2.27. The molecule has 0 spiro atoms. The van der Waals surface area contributed by atoms with Crippen LogP contribution in [-0.4, -0.2) is 11.1 Å². The third-order valence-corrected chi connectivity index (χ3v) is 5.67. The first-order valence-electron chi connectivity index (χ1n) is 9.02. The number of amides is 2. The third kappa shape index (κ3) is 4.10. The average Bonchev–Trinajstić information content (AvgIpc) is 3.02. The van der Waals surface area contributed by atoms with Crippen LogP contribution >= 0.6 is 23.4 Å². The molecule has 0 radical (unpaired) electrons. The number of nitrogens with zero attached hydrogens (tertiary/aromatic N) is 1. The minimum atomic E-state index is -0.455. The quantitative estimate of drug-likeness (QED) is 0.438. The van der Waals surface area contributed by atoms with Crippen molar-refractivity contribution in [1.29, 1.82) is 0 Å². The van der Waals surface area contributed by atoms with E-state index in [0.717, 1.165) is 16.7 Å². The molecule has 0 unspecified atom stereocenters. The summed E-state index contributed by atoms with van der Waals surface area (Å²) in [4.78, 5) is 26.6. The Hall–Kier alpha value is -3.09. The van der Waals surface area contributed by atoms with E-state index in [1.165, 1.54) is 12.1 Å². The van der Waals surface area contributed by atoms with Crippen LogP contribution in [0.5, 0.6) is 5.75 Å². The molecule has 0 atom stereocenters. The molecule has 0 saturated carbocycles. The number of hydrogen-bond acceptors (Lipinski definition) is 4. The van der Waals surface area contributed by atoms with Gasteiger partial charge in [-0.1, -0.05) is 54.1 Å². The van der Waals surface area contributed by atoms with Gasteiger partial charge in [-0.05, 0) is 48.2 Å². The molecule has 3 aromatic carbocycles. The molecule has 1 fully saturated rings. The lowest BCUT2D eigenvalue weighted by Gasteiger charge is -2.12. The minimum Gasteiger partial charge on any atom is -0.488 e. The van der Waals surface area contributed by atoms with Gasteiger partial charge in [0.2, 0.25) is 0 Å². The van der Waals surface area contributed by atoms with Crippen molar-refractivity contribution in [2.24, 2.45) is 0 Å². The second-order valence-corrected chi connectivity index (χ2v) is 7.78. The summed E-state index contributed by atoms with van der Waals surface area (Å²) in [5, 5.41) is -0.0922. The molecule has 4 rings (SSSR count). The molecule has 7 heteroatoms. The fourth-order valence-electron chi connectivity index (χ4n) is 2.96. The predicted octanol–water partition coefficient (Wildman–Crippen LogP) is 6.30. The number of carbonyl (C=O) groups is 2. The fourth-order valence-corrected chi connectivity index (χ4v) is 4.01. The molecule has 1 saturated heterocycles. The lowest BCUT2D eigenvalue weighted by molar-refractivity contribution is -0.113. The fraction of sp³-hybridized carbons (Fsp3) is 0.0435. The van der Waals surface area contributed by atoms with Crippen molar-refractivity contribution in [1.82, 2.24) is 0 Å². The van der Waals surface area contributed by atoms with Crippen LogP contribution in [-0.2, 0) is 11.4 Å². The van der Waals surface area contributed by atoms with Crippen LogP contribution in [0.15, 0.2) is 77.7 Å². The van der Waals surface area contributed by atoms with E-state index in [0.29, 0.717) is 17.0 Å². The van der Waals surface area contributed by atoms with Gasteiger partial charge in [0.1, 0.15) is 18.2 Å². The number of halogens is 2. The van der Waals surface area contributed by atoms with E-state index in [1.54, 1.807) is 60.7 Å². The number of para-hydroxylation sites is 2. The first kappa shape index (κ1) is 20.2. The van der Waals surface area contributed by atoms with Crippen LogP contribution in [0, 0.1) is 5.82 Å². The maximum atomic E-state index is 14.0. The van der Waals surface area contributed by atoms with Crippen molar-refractivity contribution in [3.05, 3.63) is 99.7 Å². The van der Waals surface area contributed by atoms with Crippen molar-refractivity contribution in [2.45, 2.75) is 6.61 Å². The molecule has 30 heavy (non-hydrogen) atoms. The van der Waals surface area contributed by atoms with Crippen LogP contribution < -0.4 is 9.64 Å². The predicted molar refractivity (Wildman–Crippen MR) is 117 cm³/mol. The highest BCUT2D eigenvalue weighted by Gasteiger charge is 2.36. The molecule has 3 aromatic rings. The van der Waals surface area contributed by atoms with Gasteiger partial charge in [-0.2, -0.15) is 0 Å². The van der Waals surface area contributed by atoms with Gasteiger partial charge in [-0.3, -0.25) is 9.59 Å². The Morgan fingerprint density at radius 1 is 0.967 bits per heavy atom. The highest BCUT2D eigenvalue weighted by Crippen LogP contribution is 2.37. The SMILES string of the molecule is O=C1S/C(=C/c2ccccc2OCc2c(F)cccc2Cl)C(=O)N1c1ccccc1. The van der Waals surface area contributed by atoms with Gasteiger partial charge in [0.25, 0.3) is 11.1 Å². The van der Waals surface area contributed by atoms with Crippen molar-refractivity contribution in [3.63, 3.8) is 0 Å². The summed E-state index contributed by atoms with van der Waals surface area (Å²) in [5.74, 6) is -0.407. The summed E-state index contributed by atoms with van der Waals surface area (Å²) in [7, 11) is 0. The summed E-state index contributed by atoms with van der Waals surface area (Å²) in [5.41, 5.74) is 1.36. The zero-order valence-corrected chi connectivity index (χ0v) is 17.1. The molecule has 4 nitrogen and oxygen atoms in total. The first-order valence-corrected chi connectivity index (χ1v) is 10.2. The molecule has 1 aliphatic heterocycles. The molecule has 150 valence electrons. The maximum Gasteiger partial charge on any atom is 0.298 e. The third-order valence-electron chi connectivity index (χ3n) is 4.45. The van der Waals surface area contributed by atoms with Crippen molar-refractivity contribution in [3.8, 4) is 5.75 Å². The number of anilines is 1. The van der Waals surface area contributed by atoms with E-state index in [9.17, 15) is 14.0 Å². The van der Waals surface area contributed by atoms with E-state index >= 15 is 0 Å². The Balaban J connectivity index is 1.59. The number of hydrogen-bond donors (Lipinski definition) is 0. The summed E-state index contributed by atoms with van der Waals surface area (Å²) in [6.45, 7) is -0.0676. The summed E-state index contributed by atoms with van der Waals surface area (Å²) in [6.07, 6.45) is 1.60. The highest BCUT2D eigenvalue weighted by molar-refractivity contribution is 8.19. The number of rotatable bonds is 5. The average molecular weight is 440 g/mol. The van der Waals surface area contributed by atoms with E-state index in [2.05, 4.69) is 0 Å². The largest absolute Gasteiger partial charge is 0.488 e. The second-order valence-electron chi connectivity index (χ2n) is 6.38. The Labute approximate surface area is 181 Å². The molecule has 1 heterocycles. The van der Waals surface area contributed by atoms with E-state index in [1.807, 2.05) is 6.07 Å². The van der Waals surface area contributed by atoms with E-state index in [4.69, 9.17) is 16.3 Å². The molecular formula is C23H15ClFNO3S. The molecule has 0 N–H and O–H groups in total. The van der Waals surface area contributed by atoms with Gasteiger partial charge in [-0.25, -0.2) is 9.29 Å². The molecule has 1 aliphatic rings. The van der Waals surface area contributed by atoms with Crippen LogP contribution in [0.4, 0.5) is 14.9 Å². The smallest absolute Gasteiger partial charge is 0.298 e. The van der Waals surface area contributed by atoms with Gasteiger partial charge in [-0.15, -0.1) is 0 Å². The van der Waals surface area contributed by atoms with Gasteiger partial charge < -0.3 is 4.74 Å². The normalized spacial score (nSPS) is 15.1. The Morgan fingerprint density at radius 2 is 1.70 bits per heavy atom. The maximum absolute atomic E-state index is 14.0. The Kier molecular flexibility index (Phi) is 5.88. The number of benzene rings is 3. The van der Waals surface area contributed by atoms with Crippen LogP contribution in [0.2, 0.25) is 5.02 Å². The van der Waals surface area contributed by atoms with E-state index in [-0.39, 0.29) is 27.3 Å². The van der Waals surface area contributed by atoms with Crippen molar-refractivity contribution >= 4 is 46.3 Å². The van der Waals surface area contributed by atoms with E-state index < -0.39 is 11.7 Å². The molecule has 2 amide bonds. The Morgan fingerprint density at radius 3 is 2.47 bits per heavy atom. The van der Waals surface area contributed by atoms with Crippen molar-refractivity contribution < 1.29 is 18.7 Å². The summed E-state index contributed by atoms with van der Waals surface area (Å²) in [6, 6.07) is 20.2. The van der Waals surface area contributed by atoms with Crippen LogP contribution in [0.3, 0.4) is 0 Å².